The Balaban J connectivity index is 0. The quantitative estimate of drug-likeness (QED) is 0.296. The van der Waals surface area contributed by atoms with Gasteiger partial charge in [0.25, 0.3) is 0 Å². The molecule has 0 atom stereocenters. The van der Waals surface area contributed by atoms with Crippen LogP contribution >= 0.6 is 112 Å². The second-order valence-electron chi connectivity index (χ2n) is 3.84. The molecule has 0 aliphatic rings. The van der Waals surface area contributed by atoms with Crippen molar-refractivity contribution < 1.29 is 61.4 Å². The highest BCUT2D eigenvalue weighted by atomic mass is 79.9. The van der Waals surface area contributed by atoms with Crippen LogP contribution in [0.2, 0.25) is 0 Å². The number of hydrogen-bond donors (Lipinski definition) is 1. The number of quaternary nitrogens is 1. The molecule has 2 aromatic carbocycles. The Morgan fingerprint density at radius 3 is 1.67 bits per heavy atom. The highest BCUT2D eigenvalue weighted by Gasteiger charge is 2.23. The van der Waals surface area contributed by atoms with E-state index in [1.807, 2.05) is 12.1 Å². The smallest absolute Gasteiger partial charge is 0.204 e. The Kier molecular flexibility index (Phi) is 15.3. The number of halogens is 10. The van der Waals surface area contributed by atoms with Gasteiger partial charge in [-0.1, -0.05) is 0 Å². The van der Waals surface area contributed by atoms with E-state index in [4.69, 9.17) is 4.74 Å². The maximum Gasteiger partial charge on any atom is 0.204 e. The van der Waals surface area contributed by atoms with E-state index < -0.39 is 0 Å². The molecule has 2 aromatic rings. The van der Waals surface area contributed by atoms with Gasteiger partial charge in [-0.25, -0.2) is 0 Å². The molecule has 136 valence electrons. The average Bonchev–Trinajstić information content (AvgIpc) is 2.47. The predicted molar refractivity (Wildman–Crippen MR) is 109 cm³/mol. The fourth-order valence-corrected chi connectivity index (χ4v) is 5.06. The summed E-state index contributed by atoms with van der Waals surface area (Å²) in [6.07, 6.45) is 0. The highest BCUT2D eigenvalue weighted by Crippen LogP contribution is 2.49. The molecule has 0 bridgehead atoms. The monoisotopic (exact) mass is 968 g/mol. The van der Waals surface area contributed by atoms with Crippen LogP contribution in [0.1, 0.15) is 0 Å². The summed E-state index contributed by atoms with van der Waals surface area (Å²) in [5.41, 5.74) is 4.80. The maximum atomic E-state index is 6.04. The van der Waals surface area contributed by atoms with Crippen LogP contribution in [0.3, 0.4) is 0 Å². The van der Waals surface area contributed by atoms with Gasteiger partial charge in [0.1, 0.15) is 5.75 Å². The van der Waals surface area contributed by atoms with Crippen molar-refractivity contribution >= 4 is 117 Å². The second-order valence-corrected chi connectivity index (χ2v) is 9.45. The summed E-state index contributed by atoms with van der Waals surface area (Å²) in [5, 5.41) is 0. The van der Waals surface area contributed by atoms with Crippen molar-refractivity contribution in [1.29, 1.82) is 0 Å². The molecular formula is C12H5Br10NO-2. The van der Waals surface area contributed by atoms with Crippen LogP contribution < -0.4 is 61.4 Å². The molecule has 2 nitrogen and oxygen atoms in total. The molecule has 0 spiro atoms. The largest absolute Gasteiger partial charge is 1.00 e. The highest BCUT2D eigenvalue weighted by molar-refractivity contribution is 9.15. The molecule has 0 unspecified atom stereocenters. The SMILES string of the molecule is [Br-].[Br-].[Br-].[NH3+]c1c(Br)c(Br)c(Br)c(Br)c1Oc1ccc(Br)c(Br)c1Br. The van der Waals surface area contributed by atoms with Gasteiger partial charge in [0.05, 0.1) is 22.4 Å². The standard InChI is InChI=1S/C12H4Br7NO.3BrH/c13-3-1-2-4(6(15)5(3)14)21-12-10(19)8(17)7(16)9(18)11(12)20;;;/h1-2H,20H2;3*1H/p-2. The van der Waals surface area contributed by atoms with Gasteiger partial charge in [-0.15, -0.1) is 0 Å². The van der Waals surface area contributed by atoms with Crippen molar-refractivity contribution in [2.75, 3.05) is 0 Å². The summed E-state index contributed by atoms with van der Waals surface area (Å²) in [7, 11) is 0. The van der Waals surface area contributed by atoms with Crippen molar-refractivity contribution in [3.05, 3.63) is 43.4 Å². The van der Waals surface area contributed by atoms with Crippen LogP contribution in [0.5, 0.6) is 11.5 Å². The molecule has 0 aromatic heterocycles. The van der Waals surface area contributed by atoms with E-state index in [1.54, 1.807) is 0 Å². The van der Waals surface area contributed by atoms with E-state index in [0.29, 0.717) is 11.5 Å². The molecule has 12 heteroatoms. The summed E-state index contributed by atoms with van der Waals surface area (Å²) in [4.78, 5) is 0. The summed E-state index contributed by atoms with van der Waals surface area (Å²) in [6.45, 7) is 0. The fraction of sp³-hybridized carbons (Fsp3) is 0. The zero-order valence-corrected chi connectivity index (χ0v) is 26.9. The van der Waals surface area contributed by atoms with Gasteiger partial charge in [0.15, 0.2) is 5.69 Å². The average molecular weight is 978 g/mol. The van der Waals surface area contributed by atoms with Gasteiger partial charge < -0.3 is 61.4 Å². The molecule has 0 heterocycles. The molecular weight excluding hydrogens is 973 g/mol. The lowest BCUT2D eigenvalue weighted by Crippen LogP contribution is -3.00. The lowest BCUT2D eigenvalue weighted by molar-refractivity contribution is -0.257. The molecule has 3 N–H and O–H groups in total. The molecule has 0 fully saturated rings. The van der Waals surface area contributed by atoms with Crippen LogP contribution in [0, 0.1) is 0 Å². The summed E-state index contributed by atoms with van der Waals surface area (Å²) >= 11 is 24.5. The van der Waals surface area contributed by atoms with Crippen molar-refractivity contribution in [1.82, 2.24) is 0 Å². The van der Waals surface area contributed by atoms with E-state index in [9.17, 15) is 0 Å². The lowest BCUT2D eigenvalue weighted by Gasteiger charge is -2.14. The third-order valence-corrected chi connectivity index (χ3v) is 10.7. The van der Waals surface area contributed by atoms with Gasteiger partial charge in [-0.2, -0.15) is 0 Å². The summed E-state index contributed by atoms with van der Waals surface area (Å²) < 4.78 is 12.0. The van der Waals surface area contributed by atoms with Gasteiger partial charge in [-0.05, 0) is 124 Å². The molecule has 2 rings (SSSR count). The number of ether oxygens (including phenoxy) is 1. The first-order chi connectivity index (χ1) is 9.75. The third-order valence-electron chi connectivity index (χ3n) is 2.53. The summed E-state index contributed by atoms with van der Waals surface area (Å²) in [6, 6.07) is 3.78. The number of hydrogen-bond acceptors (Lipinski definition) is 1. The fourth-order valence-electron chi connectivity index (χ4n) is 1.46. The molecule has 0 amide bonds. The van der Waals surface area contributed by atoms with Crippen LogP contribution in [-0.4, -0.2) is 0 Å². The van der Waals surface area contributed by atoms with Crippen LogP contribution in [0.4, 0.5) is 5.69 Å². The Bertz CT molecular complexity index is 708. The first-order valence-electron chi connectivity index (χ1n) is 5.25. The van der Waals surface area contributed by atoms with E-state index in [0.717, 1.165) is 37.0 Å². The van der Waals surface area contributed by atoms with E-state index in [2.05, 4.69) is 117 Å². The number of rotatable bonds is 2. The Hall–Kier alpha value is 3.00. The Morgan fingerprint density at radius 2 is 1.12 bits per heavy atom. The minimum Gasteiger partial charge on any atom is -1.00 e. The number of benzene rings is 2. The zero-order chi connectivity index (χ0) is 15.9. The van der Waals surface area contributed by atoms with E-state index in [-0.39, 0.29) is 50.9 Å². The van der Waals surface area contributed by atoms with Crippen molar-refractivity contribution in [3.8, 4) is 11.5 Å². The van der Waals surface area contributed by atoms with Crippen molar-refractivity contribution in [3.63, 3.8) is 0 Å². The van der Waals surface area contributed by atoms with Gasteiger partial charge in [-0.3, -0.25) is 0 Å². The first-order valence-corrected chi connectivity index (χ1v) is 10.8. The lowest BCUT2D eigenvalue weighted by atomic mass is 10.3. The third kappa shape index (κ3) is 6.25. The van der Waals surface area contributed by atoms with Gasteiger partial charge in [0, 0.05) is 8.95 Å². The normalized spacial score (nSPS) is 9.50. The van der Waals surface area contributed by atoms with Crippen molar-refractivity contribution in [2.45, 2.75) is 0 Å². The van der Waals surface area contributed by atoms with E-state index in [1.165, 1.54) is 0 Å². The molecule has 24 heavy (non-hydrogen) atoms. The van der Waals surface area contributed by atoms with Crippen LogP contribution in [-0.2, 0) is 0 Å². The topological polar surface area (TPSA) is 36.9 Å². The second kappa shape index (κ2) is 12.5. The zero-order valence-electron chi connectivity index (χ0n) is 11.0. The molecule has 0 saturated heterocycles. The molecule has 0 saturated carbocycles. The van der Waals surface area contributed by atoms with Gasteiger partial charge >= 0.3 is 0 Å². The minimum absolute atomic E-state index is 0. The molecule has 0 aliphatic heterocycles. The molecule has 0 radical (unpaired) electrons. The first kappa shape index (κ1) is 29.2. The minimum atomic E-state index is 0. The summed E-state index contributed by atoms with van der Waals surface area (Å²) in [5.74, 6) is 1.31. The maximum absolute atomic E-state index is 6.04. The van der Waals surface area contributed by atoms with Crippen LogP contribution in [0.25, 0.3) is 0 Å². The van der Waals surface area contributed by atoms with Crippen LogP contribution in [0.15, 0.2) is 43.4 Å². The predicted octanol–water partition coefficient (Wildman–Crippen LogP) is -1.30. The Morgan fingerprint density at radius 1 is 0.625 bits per heavy atom. The van der Waals surface area contributed by atoms with Crippen molar-refractivity contribution in [2.24, 2.45) is 0 Å². The van der Waals surface area contributed by atoms with Gasteiger partial charge in [0.2, 0.25) is 5.75 Å². The van der Waals surface area contributed by atoms with E-state index >= 15 is 0 Å². The Labute approximate surface area is 230 Å². The molecule has 0 aliphatic carbocycles.